The van der Waals surface area contributed by atoms with Crippen LogP contribution < -0.4 is 13.8 Å². The van der Waals surface area contributed by atoms with Crippen LogP contribution in [0, 0.1) is 12.7 Å². The molecule has 0 aromatic heterocycles. The summed E-state index contributed by atoms with van der Waals surface area (Å²) in [5.41, 5.74) is 1.44. The zero-order valence-corrected chi connectivity index (χ0v) is 18.3. The summed E-state index contributed by atoms with van der Waals surface area (Å²) in [6.45, 7) is 1.64. The van der Waals surface area contributed by atoms with E-state index in [9.17, 15) is 12.8 Å². The highest BCUT2D eigenvalue weighted by Gasteiger charge is 2.28. The molecular formula is C22H21ClFNO4S. The quantitative estimate of drug-likeness (QED) is 0.497. The maximum atomic E-state index is 13.7. The molecule has 0 atom stereocenters. The maximum Gasteiger partial charge on any atom is 0.264 e. The van der Waals surface area contributed by atoms with Gasteiger partial charge in [0, 0.05) is 11.1 Å². The molecule has 0 unspecified atom stereocenters. The van der Waals surface area contributed by atoms with Crippen LogP contribution in [0.15, 0.2) is 65.6 Å². The van der Waals surface area contributed by atoms with Gasteiger partial charge in [-0.3, -0.25) is 4.31 Å². The number of nitrogens with zero attached hydrogens (tertiary/aromatic N) is 1. The number of benzene rings is 3. The average Bonchev–Trinajstić information content (AvgIpc) is 2.74. The van der Waals surface area contributed by atoms with Gasteiger partial charge >= 0.3 is 0 Å². The van der Waals surface area contributed by atoms with Gasteiger partial charge in [-0.2, -0.15) is 0 Å². The first-order valence-corrected chi connectivity index (χ1v) is 10.8. The Balaban J connectivity index is 2.16. The van der Waals surface area contributed by atoms with Crippen LogP contribution in [0.4, 0.5) is 10.1 Å². The number of halogens is 2. The van der Waals surface area contributed by atoms with Crippen molar-refractivity contribution in [1.29, 1.82) is 0 Å². The molecule has 0 amide bonds. The monoisotopic (exact) mass is 449 g/mol. The first-order valence-electron chi connectivity index (χ1n) is 9.02. The van der Waals surface area contributed by atoms with Gasteiger partial charge in [0.15, 0.2) is 11.5 Å². The van der Waals surface area contributed by atoms with Crippen LogP contribution in [-0.4, -0.2) is 22.6 Å². The number of rotatable bonds is 7. The molecule has 158 valence electrons. The van der Waals surface area contributed by atoms with Crippen molar-refractivity contribution in [3.8, 4) is 11.5 Å². The fourth-order valence-electron chi connectivity index (χ4n) is 3.04. The Morgan fingerprint density at radius 2 is 1.63 bits per heavy atom. The van der Waals surface area contributed by atoms with Gasteiger partial charge in [0.25, 0.3) is 10.0 Å². The first kappa shape index (κ1) is 21.9. The van der Waals surface area contributed by atoms with E-state index in [4.69, 9.17) is 21.1 Å². The minimum absolute atomic E-state index is 0.00987. The molecule has 0 aliphatic heterocycles. The molecule has 3 aromatic rings. The fraction of sp³-hybridized carbons (Fsp3) is 0.182. The standard InChI is InChI=1S/C22H21ClFNO4S/c1-15-19(23)5-4-6-22(15)30(26,27)25(14-16-7-9-17(24)10-8-16)18-11-12-20(28-2)21(13-18)29-3/h4-13H,14H2,1-3H3. The molecule has 0 fully saturated rings. The highest BCUT2D eigenvalue weighted by Crippen LogP contribution is 2.36. The van der Waals surface area contributed by atoms with E-state index in [2.05, 4.69) is 0 Å². The Labute approximate surface area is 180 Å². The molecule has 3 rings (SSSR count). The Morgan fingerprint density at radius 3 is 2.27 bits per heavy atom. The first-order chi connectivity index (χ1) is 14.3. The van der Waals surface area contributed by atoms with Crippen LogP contribution in [0.25, 0.3) is 0 Å². The molecule has 0 N–H and O–H groups in total. The molecule has 0 saturated heterocycles. The van der Waals surface area contributed by atoms with E-state index in [-0.39, 0.29) is 11.4 Å². The lowest BCUT2D eigenvalue weighted by Crippen LogP contribution is -2.31. The molecule has 0 heterocycles. The van der Waals surface area contributed by atoms with Crippen LogP contribution in [-0.2, 0) is 16.6 Å². The molecule has 0 aliphatic carbocycles. The zero-order valence-electron chi connectivity index (χ0n) is 16.7. The summed E-state index contributed by atoms with van der Waals surface area (Å²) in [5, 5.41) is 0.352. The Morgan fingerprint density at radius 1 is 0.967 bits per heavy atom. The minimum atomic E-state index is -4.00. The normalized spacial score (nSPS) is 11.2. The molecular weight excluding hydrogens is 429 g/mol. The molecule has 30 heavy (non-hydrogen) atoms. The van der Waals surface area contributed by atoms with Gasteiger partial charge in [0.1, 0.15) is 5.82 Å². The highest BCUT2D eigenvalue weighted by atomic mass is 35.5. The third-order valence-corrected chi connectivity index (χ3v) is 7.01. The molecule has 0 saturated carbocycles. The summed E-state index contributed by atoms with van der Waals surface area (Å²) in [6, 6.07) is 15.2. The van der Waals surface area contributed by atoms with E-state index in [1.165, 1.54) is 36.7 Å². The van der Waals surface area contributed by atoms with Gasteiger partial charge in [-0.05, 0) is 54.4 Å². The van der Waals surface area contributed by atoms with Gasteiger partial charge < -0.3 is 9.47 Å². The number of sulfonamides is 1. The lowest BCUT2D eigenvalue weighted by Gasteiger charge is -2.26. The predicted octanol–water partition coefficient (Wildman–Crippen LogP) is 5.20. The Kier molecular flexibility index (Phi) is 6.53. The van der Waals surface area contributed by atoms with Crippen LogP contribution in [0.1, 0.15) is 11.1 Å². The molecule has 0 spiro atoms. The van der Waals surface area contributed by atoms with Crippen molar-refractivity contribution in [2.75, 3.05) is 18.5 Å². The number of methoxy groups -OCH3 is 2. The van der Waals surface area contributed by atoms with E-state index in [1.54, 1.807) is 49.4 Å². The van der Waals surface area contributed by atoms with Gasteiger partial charge in [0.05, 0.1) is 31.3 Å². The molecule has 0 radical (unpaired) electrons. The van der Waals surface area contributed by atoms with E-state index in [1.807, 2.05) is 0 Å². The number of hydrogen-bond donors (Lipinski definition) is 0. The van der Waals surface area contributed by atoms with Gasteiger partial charge in [0.2, 0.25) is 0 Å². The third-order valence-electron chi connectivity index (χ3n) is 4.68. The van der Waals surface area contributed by atoms with Crippen LogP contribution >= 0.6 is 11.6 Å². The summed E-state index contributed by atoms with van der Waals surface area (Å²) < 4.78 is 52.5. The van der Waals surface area contributed by atoms with Crippen molar-refractivity contribution in [2.24, 2.45) is 0 Å². The van der Waals surface area contributed by atoms with Crippen molar-refractivity contribution < 1.29 is 22.3 Å². The lowest BCUT2D eigenvalue weighted by atomic mass is 10.2. The highest BCUT2D eigenvalue weighted by molar-refractivity contribution is 7.92. The molecule has 3 aromatic carbocycles. The molecule has 8 heteroatoms. The van der Waals surface area contributed by atoms with Crippen molar-refractivity contribution in [3.05, 3.63) is 82.6 Å². The van der Waals surface area contributed by atoms with E-state index in [0.29, 0.717) is 33.3 Å². The Hall–Kier alpha value is -2.77. The second-order valence-corrected chi connectivity index (χ2v) is 8.78. The minimum Gasteiger partial charge on any atom is -0.493 e. The van der Waals surface area contributed by atoms with Gasteiger partial charge in [-0.25, -0.2) is 12.8 Å². The topological polar surface area (TPSA) is 55.8 Å². The third kappa shape index (κ3) is 4.37. The molecule has 5 nitrogen and oxygen atoms in total. The second kappa shape index (κ2) is 8.93. The smallest absolute Gasteiger partial charge is 0.264 e. The van der Waals surface area contributed by atoms with Gasteiger partial charge in [-0.1, -0.05) is 29.8 Å². The zero-order chi connectivity index (χ0) is 21.9. The van der Waals surface area contributed by atoms with Crippen molar-refractivity contribution in [2.45, 2.75) is 18.4 Å². The van der Waals surface area contributed by atoms with E-state index < -0.39 is 15.8 Å². The van der Waals surface area contributed by atoms with Crippen molar-refractivity contribution in [1.82, 2.24) is 0 Å². The summed E-state index contributed by atoms with van der Waals surface area (Å²) in [4.78, 5) is 0.0897. The van der Waals surface area contributed by atoms with Crippen LogP contribution in [0.2, 0.25) is 5.02 Å². The van der Waals surface area contributed by atoms with Crippen LogP contribution in [0.5, 0.6) is 11.5 Å². The summed E-state index contributed by atoms with van der Waals surface area (Å²) in [5.74, 6) is 0.460. The predicted molar refractivity (Wildman–Crippen MR) is 116 cm³/mol. The van der Waals surface area contributed by atoms with E-state index in [0.717, 1.165) is 0 Å². The Bertz CT molecular complexity index is 1150. The summed E-state index contributed by atoms with van der Waals surface area (Å²) >= 11 is 6.17. The van der Waals surface area contributed by atoms with E-state index >= 15 is 0 Å². The van der Waals surface area contributed by atoms with Gasteiger partial charge in [-0.15, -0.1) is 0 Å². The maximum absolute atomic E-state index is 13.7. The van der Waals surface area contributed by atoms with Crippen LogP contribution in [0.3, 0.4) is 0 Å². The molecule has 0 bridgehead atoms. The average molecular weight is 450 g/mol. The summed E-state index contributed by atoms with van der Waals surface area (Å²) in [7, 11) is -1.03. The molecule has 0 aliphatic rings. The van der Waals surface area contributed by atoms with Crippen molar-refractivity contribution >= 4 is 27.3 Å². The number of ether oxygens (including phenoxy) is 2. The summed E-state index contributed by atoms with van der Waals surface area (Å²) in [6.07, 6.45) is 0. The lowest BCUT2D eigenvalue weighted by molar-refractivity contribution is 0.355. The second-order valence-electron chi connectivity index (χ2n) is 6.54. The number of anilines is 1. The fourth-order valence-corrected chi connectivity index (χ4v) is 4.96. The largest absolute Gasteiger partial charge is 0.493 e. The van der Waals surface area contributed by atoms with Crippen molar-refractivity contribution in [3.63, 3.8) is 0 Å². The number of hydrogen-bond acceptors (Lipinski definition) is 4. The SMILES string of the molecule is COc1ccc(N(Cc2ccc(F)cc2)S(=O)(=O)c2cccc(Cl)c2C)cc1OC.